The van der Waals surface area contributed by atoms with Crippen molar-refractivity contribution in [2.75, 3.05) is 13.1 Å². The van der Waals surface area contributed by atoms with Crippen molar-refractivity contribution in [1.82, 2.24) is 5.32 Å². The highest BCUT2D eigenvalue weighted by Crippen LogP contribution is 2.35. The van der Waals surface area contributed by atoms with Gasteiger partial charge in [0.05, 0.1) is 0 Å². The van der Waals surface area contributed by atoms with Gasteiger partial charge in [-0.2, -0.15) is 0 Å². The van der Waals surface area contributed by atoms with Crippen molar-refractivity contribution in [2.45, 2.75) is 46.0 Å². The maximum atomic E-state index is 3.53. The molecule has 0 unspecified atom stereocenters. The molecule has 0 bridgehead atoms. The predicted octanol–water partition coefficient (Wildman–Crippen LogP) is 4.82. The Hall–Kier alpha value is -1.34. The molecule has 0 aromatic heterocycles. The largest absolute Gasteiger partial charge is 0.317 e. The normalized spacial score (nSPS) is 12.0. The Morgan fingerprint density at radius 3 is 2.50 bits per heavy atom. The van der Waals surface area contributed by atoms with E-state index >= 15 is 0 Å². The number of fused-ring (bicyclic) bond motifs is 1. The summed E-state index contributed by atoms with van der Waals surface area (Å²) in [5.41, 5.74) is 3.11. The number of aryl methyl sites for hydroxylation is 1. The first-order chi connectivity index (χ1) is 9.56. The van der Waals surface area contributed by atoms with Crippen LogP contribution in [-0.2, 0) is 5.41 Å². The van der Waals surface area contributed by atoms with E-state index in [4.69, 9.17) is 0 Å². The molecule has 2 rings (SSSR count). The van der Waals surface area contributed by atoms with E-state index in [1.54, 1.807) is 0 Å². The second kappa shape index (κ2) is 6.41. The summed E-state index contributed by atoms with van der Waals surface area (Å²) in [4.78, 5) is 0. The lowest BCUT2D eigenvalue weighted by molar-refractivity contribution is 0.458. The smallest absolute Gasteiger partial charge is 0.00406 e. The minimum absolute atomic E-state index is 0.200. The lowest BCUT2D eigenvalue weighted by Crippen LogP contribution is -2.26. The minimum Gasteiger partial charge on any atom is -0.317 e. The zero-order valence-electron chi connectivity index (χ0n) is 13.3. The molecule has 0 aliphatic heterocycles. The van der Waals surface area contributed by atoms with Gasteiger partial charge >= 0.3 is 0 Å². The first kappa shape index (κ1) is 15.1. The molecule has 0 amide bonds. The third kappa shape index (κ3) is 3.21. The van der Waals surface area contributed by atoms with E-state index in [-0.39, 0.29) is 5.41 Å². The van der Waals surface area contributed by atoms with Gasteiger partial charge in [0, 0.05) is 0 Å². The van der Waals surface area contributed by atoms with Crippen LogP contribution in [-0.4, -0.2) is 13.1 Å². The van der Waals surface area contributed by atoms with E-state index in [0.717, 1.165) is 13.1 Å². The van der Waals surface area contributed by atoms with Crippen LogP contribution in [0.3, 0.4) is 0 Å². The monoisotopic (exact) mass is 269 g/mol. The molecule has 0 aliphatic rings. The summed E-state index contributed by atoms with van der Waals surface area (Å²) in [5, 5.41) is 6.29. The van der Waals surface area contributed by atoms with Crippen LogP contribution in [0, 0.1) is 6.92 Å². The number of rotatable bonds is 6. The molecule has 0 saturated carbocycles. The lowest BCUT2D eigenvalue weighted by atomic mass is 9.77. The summed E-state index contributed by atoms with van der Waals surface area (Å²) in [6.07, 6.45) is 2.37. The quantitative estimate of drug-likeness (QED) is 0.742. The van der Waals surface area contributed by atoms with Crippen molar-refractivity contribution in [3.8, 4) is 0 Å². The molecule has 1 nitrogen and oxygen atoms in total. The Balaban J connectivity index is 2.32. The fourth-order valence-corrected chi connectivity index (χ4v) is 3.11. The van der Waals surface area contributed by atoms with Gasteiger partial charge in [-0.1, -0.05) is 57.2 Å². The summed E-state index contributed by atoms with van der Waals surface area (Å²) in [6.45, 7) is 11.4. The van der Waals surface area contributed by atoms with Crippen LogP contribution in [0.2, 0.25) is 0 Å². The molecule has 1 heteroatoms. The maximum absolute atomic E-state index is 3.53. The van der Waals surface area contributed by atoms with Crippen LogP contribution in [0.15, 0.2) is 36.4 Å². The highest BCUT2D eigenvalue weighted by Gasteiger charge is 2.24. The Labute approximate surface area is 123 Å². The van der Waals surface area contributed by atoms with Gasteiger partial charge in [0.15, 0.2) is 0 Å². The third-order valence-corrected chi connectivity index (χ3v) is 4.17. The third-order valence-electron chi connectivity index (χ3n) is 4.17. The van der Waals surface area contributed by atoms with E-state index in [2.05, 4.69) is 69.4 Å². The van der Waals surface area contributed by atoms with E-state index < -0.39 is 0 Å². The van der Waals surface area contributed by atoms with Crippen LogP contribution in [0.4, 0.5) is 0 Å². The molecular formula is C19H27N. The van der Waals surface area contributed by atoms with Crippen molar-refractivity contribution in [3.63, 3.8) is 0 Å². The minimum atomic E-state index is 0.200. The van der Waals surface area contributed by atoms with Gasteiger partial charge in [-0.05, 0) is 60.2 Å². The van der Waals surface area contributed by atoms with E-state index in [0.29, 0.717) is 0 Å². The second-order valence-corrected chi connectivity index (χ2v) is 6.36. The molecule has 0 radical (unpaired) electrons. The predicted molar refractivity (Wildman–Crippen MR) is 89.5 cm³/mol. The van der Waals surface area contributed by atoms with Gasteiger partial charge in [-0.25, -0.2) is 0 Å². The van der Waals surface area contributed by atoms with Gasteiger partial charge in [0.2, 0.25) is 0 Å². The Kier molecular flexibility index (Phi) is 4.82. The molecule has 0 aliphatic carbocycles. The Morgan fingerprint density at radius 1 is 1.00 bits per heavy atom. The number of nitrogens with one attached hydrogen (secondary N) is 1. The van der Waals surface area contributed by atoms with Crippen LogP contribution in [0.1, 0.15) is 44.7 Å². The highest BCUT2D eigenvalue weighted by molar-refractivity contribution is 5.87. The molecule has 0 fully saturated rings. The molecule has 0 saturated heterocycles. The van der Waals surface area contributed by atoms with Gasteiger partial charge in [0.25, 0.3) is 0 Å². The fraction of sp³-hybridized carbons (Fsp3) is 0.474. The molecule has 108 valence electrons. The summed E-state index contributed by atoms with van der Waals surface area (Å²) in [5.74, 6) is 0. The lowest BCUT2D eigenvalue weighted by Gasteiger charge is -2.29. The van der Waals surface area contributed by atoms with Crippen molar-refractivity contribution < 1.29 is 0 Å². The summed E-state index contributed by atoms with van der Waals surface area (Å²) < 4.78 is 0. The summed E-state index contributed by atoms with van der Waals surface area (Å²) >= 11 is 0. The molecule has 0 spiro atoms. The molecule has 1 N–H and O–H groups in total. The SMILES string of the molecule is CCCNCCC(C)(C)c1c(C)ccc2ccccc12. The fourth-order valence-electron chi connectivity index (χ4n) is 3.11. The van der Waals surface area contributed by atoms with Crippen LogP contribution in [0.25, 0.3) is 10.8 Å². The Bertz CT molecular complexity index is 569. The number of hydrogen-bond donors (Lipinski definition) is 1. The van der Waals surface area contributed by atoms with Crippen molar-refractivity contribution in [3.05, 3.63) is 47.5 Å². The highest BCUT2D eigenvalue weighted by atomic mass is 14.8. The average Bonchev–Trinajstić information content (AvgIpc) is 2.43. The standard InChI is InChI=1S/C19H27N/c1-5-13-20-14-12-19(3,4)18-15(2)10-11-16-8-6-7-9-17(16)18/h6-11,20H,5,12-14H2,1-4H3. The first-order valence-electron chi connectivity index (χ1n) is 7.76. The van der Waals surface area contributed by atoms with Gasteiger partial charge < -0.3 is 5.32 Å². The van der Waals surface area contributed by atoms with Crippen molar-refractivity contribution in [1.29, 1.82) is 0 Å². The van der Waals surface area contributed by atoms with E-state index in [1.807, 2.05) is 0 Å². The van der Waals surface area contributed by atoms with Gasteiger partial charge in [0.1, 0.15) is 0 Å². The molecule has 0 heterocycles. The second-order valence-electron chi connectivity index (χ2n) is 6.36. The zero-order valence-corrected chi connectivity index (χ0v) is 13.3. The van der Waals surface area contributed by atoms with E-state index in [9.17, 15) is 0 Å². The maximum Gasteiger partial charge on any atom is -0.00406 e. The molecule has 2 aromatic carbocycles. The van der Waals surface area contributed by atoms with Crippen LogP contribution < -0.4 is 5.32 Å². The van der Waals surface area contributed by atoms with Crippen LogP contribution >= 0.6 is 0 Å². The summed E-state index contributed by atoms with van der Waals surface area (Å²) in [7, 11) is 0. The molecule has 2 aromatic rings. The first-order valence-corrected chi connectivity index (χ1v) is 7.76. The number of benzene rings is 2. The summed E-state index contributed by atoms with van der Waals surface area (Å²) in [6, 6.07) is 13.2. The zero-order chi connectivity index (χ0) is 14.6. The van der Waals surface area contributed by atoms with E-state index in [1.165, 1.54) is 34.7 Å². The molecular weight excluding hydrogens is 242 g/mol. The average molecular weight is 269 g/mol. The van der Waals surface area contributed by atoms with Gasteiger partial charge in [-0.3, -0.25) is 0 Å². The molecule has 20 heavy (non-hydrogen) atoms. The van der Waals surface area contributed by atoms with Crippen molar-refractivity contribution >= 4 is 10.8 Å². The molecule has 0 atom stereocenters. The van der Waals surface area contributed by atoms with Crippen LogP contribution in [0.5, 0.6) is 0 Å². The number of hydrogen-bond acceptors (Lipinski definition) is 1. The van der Waals surface area contributed by atoms with Gasteiger partial charge in [-0.15, -0.1) is 0 Å². The van der Waals surface area contributed by atoms with Crippen molar-refractivity contribution in [2.24, 2.45) is 0 Å². The Morgan fingerprint density at radius 2 is 1.75 bits per heavy atom. The topological polar surface area (TPSA) is 12.0 Å².